The maximum Gasteiger partial charge on any atom is 0.326 e. The Kier molecular flexibility index (Phi) is 38.0. The molecule has 0 rings (SSSR count). The lowest BCUT2D eigenvalue weighted by atomic mass is 9.96. The maximum atomic E-state index is 14.0. The van der Waals surface area contributed by atoms with E-state index in [0.717, 1.165) is 0 Å². The highest BCUT2D eigenvalue weighted by atomic mass is 16.4. The van der Waals surface area contributed by atoms with Crippen molar-refractivity contribution in [3.63, 3.8) is 0 Å². The molecule has 90 heavy (non-hydrogen) atoms. The Hall–Kier alpha value is -7.74. The Labute approximate surface area is 528 Å². The summed E-state index contributed by atoms with van der Waals surface area (Å²) in [4.78, 5) is 177. The molecule has 32 heteroatoms. The molecule has 14 atom stereocenters. The van der Waals surface area contributed by atoms with E-state index in [1.807, 2.05) is 0 Å². The number of nitrogens with one attached hydrogen (secondary N) is 12. The van der Waals surface area contributed by atoms with Gasteiger partial charge >= 0.3 is 5.97 Å². The Morgan fingerprint density at radius 3 is 1.19 bits per heavy atom. The quantitative estimate of drug-likeness (QED) is 0.0157. The lowest BCUT2D eigenvalue weighted by molar-refractivity contribution is -0.143. The zero-order chi connectivity index (χ0) is 69.4. The van der Waals surface area contributed by atoms with Gasteiger partial charge in [-0.1, -0.05) is 95.9 Å². The standard InChI is InChI=1S/C58H107N17O15/c1-16-31(11)44(70-39(78)26-65-51(83)40(27(3)4)71-47(79)33(13)66-53(85)42(29(7)8)73-56(88)46(35(15)76)75-49(81)36(60)21-20-24-63-58(61)62)55(87)72-41(28(5)6)52(84)67-34(14)48(80)74-45(32(12)17-2)54(86)68-37(22-18-19-23-59)50(82)64-25-38(77)69-43(30(9)10)57(89)90/h27-37,40-46,76H,16-26,59-60H2,1-15H3,(H,64,82)(H,65,83)(H,66,85)(H,67,84)(H,68,86)(H,69,77)(H,70,78)(H,71,79)(H,72,87)(H,73,88)(H,74,80)(H,75,81)(H,89,90)(H4,61,62,63)/t31-,32-,33-,34-,35+,36-,37-,40-,41-,42-,43-,44-,45-,46-/m0/s1. The van der Waals surface area contributed by atoms with Crippen molar-refractivity contribution < 1.29 is 72.5 Å². The predicted octanol–water partition coefficient (Wildman–Crippen LogP) is -4.20. The average molecular weight is 1280 g/mol. The van der Waals surface area contributed by atoms with Crippen molar-refractivity contribution in [2.75, 3.05) is 26.2 Å². The summed E-state index contributed by atoms with van der Waals surface area (Å²) in [7, 11) is 0. The Morgan fingerprint density at radius 2 is 0.778 bits per heavy atom. The molecular weight excluding hydrogens is 1170 g/mol. The molecule has 0 aromatic heterocycles. The Bertz CT molecular complexity index is 2440. The van der Waals surface area contributed by atoms with Crippen molar-refractivity contribution in [3.8, 4) is 0 Å². The second-order valence-electron chi connectivity index (χ2n) is 24.1. The third kappa shape index (κ3) is 29.7. The molecule has 0 aliphatic carbocycles. The molecule has 0 aromatic rings. The van der Waals surface area contributed by atoms with Crippen molar-refractivity contribution >= 4 is 82.8 Å². The fourth-order valence-electron chi connectivity index (χ4n) is 8.66. The molecule has 0 saturated heterocycles. The van der Waals surface area contributed by atoms with Crippen LogP contribution in [0, 0.1) is 35.5 Å². The number of carboxylic acids is 1. The number of aliphatic imine (C=N–C) groups is 1. The van der Waals surface area contributed by atoms with Crippen LogP contribution < -0.4 is 86.7 Å². The van der Waals surface area contributed by atoms with Gasteiger partial charge in [-0.15, -0.1) is 0 Å². The fraction of sp³-hybridized carbons (Fsp3) is 0.759. The SMILES string of the molecule is CC[C@H](C)[C@H](NC(=O)CNC(=O)[C@@H](NC(=O)[C@H](C)NC(=O)[C@@H](NC(=O)[C@@H](NC(=O)[C@@H](N)CCCN=C(N)N)[C@@H](C)O)C(C)C)C(C)C)C(=O)N[C@H](C(=O)N[C@@H](C)C(=O)N[C@H](C(=O)N[C@@H](CCCCN)C(=O)NCC(=O)N[C@H](C(=O)O)C(C)C)[C@@H](C)CC)C(C)C. The first-order valence-corrected chi connectivity index (χ1v) is 30.9. The van der Waals surface area contributed by atoms with Crippen molar-refractivity contribution in [1.82, 2.24) is 63.8 Å². The minimum atomic E-state index is -1.52. The number of carbonyl (C=O) groups is 13. The molecule has 0 aromatic carbocycles. The van der Waals surface area contributed by atoms with Gasteiger partial charge in [-0.05, 0) is 94.9 Å². The van der Waals surface area contributed by atoms with Gasteiger partial charge < -0.3 is 96.9 Å². The summed E-state index contributed by atoms with van der Waals surface area (Å²) in [5.41, 5.74) is 22.3. The van der Waals surface area contributed by atoms with Gasteiger partial charge in [0.15, 0.2) is 5.96 Å². The highest BCUT2D eigenvalue weighted by Crippen LogP contribution is 2.14. The molecule has 0 radical (unpaired) electrons. The molecule has 0 fully saturated rings. The number of rotatable bonds is 42. The van der Waals surface area contributed by atoms with Crippen LogP contribution in [0.2, 0.25) is 0 Å². The van der Waals surface area contributed by atoms with Crippen LogP contribution in [-0.2, 0) is 62.3 Å². The highest BCUT2D eigenvalue weighted by Gasteiger charge is 2.37. The first kappa shape index (κ1) is 82.3. The van der Waals surface area contributed by atoms with Crippen molar-refractivity contribution in [3.05, 3.63) is 0 Å². The average Bonchev–Trinajstić information content (AvgIpc) is 1.27. The minimum Gasteiger partial charge on any atom is -0.480 e. The molecule has 0 aliphatic rings. The van der Waals surface area contributed by atoms with Crippen LogP contribution in [0.3, 0.4) is 0 Å². The van der Waals surface area contributed by atoms with E-state index in [4.69, 9.17) is 22.9 Å². The van der Waals surface area contributed by atoms with E-state index in [0.29, 0.717) is 38.6 Å². The number of aliphatic hydroxyl groups is 1. The first-order chi connectivity index (χ1) is 41.9. The number of carboxylic acid groups (broad SMARTS) is 1. The zero-order valence-electron chi connectivity index (χ0n) is 55.1. The molecule has 0 spiro atoms. The number of amides is 12. The summed E-state index contributed by atoms with van der Waals surface area (Å²) in [5, 5.41) is 50.3. The zero-order valence-corrected chi connectivity index (χ0v) is 55.1. The molecular formula is C58H107N17O15. The van der Waals surface area contributed by atoms with Gasteiger partial charge in [0.2, 0.25) is 70.9 Å². The highest BCUT2D eigenvalue weighted by molar-refractivity contribution is 5.99. The van der Waals surface area contributed by atoms with Crippen LogP contribution in [0.4, 0.5) is 0 Å². The Morgan fingerprint density at radius 1 is 0.411 bits per heavy atom. The van der Waals surface area contributed by atoms with Crippen LogP contribution in [0.5, 0.6) is 0 Å². The van der Waals surface area contributed by atoms with Crippen LogP contribution in [-0.4, -0.2) is 192 Å². The predicted molar refractivity (Wildman–Crippen MR) is 335 cm³/mol. The number of carbonyl (C=O) groups excluding carboxylic acids is 12. The van der Waals surface area contributed by atoms with Crippen LogP contribution in [0.25, 0.3) is 0 Å². The first-order valence-electron chi connectivity index (χ1n) is 30.9. The topological polar surface area (TPSA) is 523 Å². The number of guanidine groups is 1. The van der Waals surface area contributed by atoms with E-state index >= 15 is 0 Å². The molecule has 22 N–H and O–H groups in total. The van der Waals surface area contributed by atoms with E-state index in [-0.39, 0.29) is 25.3 Å². The normalized spacial score (nSPS) is 16.0. The summed E-state index contributed by atoms with van der Waals surface area (Å²) in [6.45, 7) is 23.0. The van der Waals surface area contributed by atoms with Gasteiger partial charge in [-0.25, -0.2) is 4.79 Å². The summed E-state index contributed by atoms with van der Waals surface area (Å²) in [6, 6.07) is -13.8. The largest absolute Gasteiger partial charge is 0.480 e. The number of unbranched alkanes of at least 4 members (excludes halogenated alkanes) is 1. The number of aliphatic hydroxyl groups excluding tert-OH is 1. The number of nitrogens with zero attached hydrogens (tertiary/aromatic N) is 1. The lowest BCUT2D eigenvalue weighted by Gasteiger charge is -2.30. The molecule has 32 nitrogen and oxygen atoms in total. The number of nitrogens with two attached hydrogens (primary N) is 4. The minimum absolute atomic E-state index is 0.109. The number of aliphatic carboxylic acids is 1. The van der Waals surface area contributed by atoms with E-state index in [1.54, 1.807) is 83.1 Å². The molecule has 0 saturated carbocycles. The molecule has 0 heterocycles. The lowest BCUT2D eigenvalue weighted by Crippen LogP contribution is -2.61. The monoisotopic (exact) mass is 1280 g/mol. The molecule has 12 amide bonds. The molecule has 514 valence electrons. The van der Waals surface area contributed by atoms with Crippen LogP contribution in [0.15, 0.2) is 4.99 Å². The number of hydrogen-bond donors (Lipinski definition) is 18. The van der Waals surface area contributed by atoms with Gasteiger partial charge in [0.25, 0.3) is 0 Å². The van der Waals surface area contributed by atoms with Gasteiger partial charge in [-0.2, -0.15) is 0 Å². The third-order valence-corrected chi connectivity index (χ3v) is 14.9. The summed E-state index contributed by atoms with van der Waals surface area (Å²) < 4.78 is 0. The summed E-state index contributed by atoms with van der Waals surface area (Å²) in [5.74, 6) is -14.0. The molecule has 0 aliphatic heterocycles. The van der Waals surface area contributed by atoms with Gasteiger partial charge in [0.1, 0.15) is 60.4 Å². The van der Waals surface area contributed by atoms with Crippen LogP contribution in [0.1, 0.15) is 149 Å². The van der Waals surface area contributed by atoms with Crippen molar-refractivity contribution in [1.29, 1.82) is 0 Å². The van der Waals surface area contributed by atoms with Crippen LogP contribution >= 0.6 is 0 Å². The smallest absolute Gasteiger partial charge is 0.326 e. The van der Waals surface area contributed by atoms with Crippen molar-refractivity contribution in [2.45, 2.75) is 221 Å². The third-order valence-electron chi connectivity index (χ3n) is 14.9. The molecule has 0 bridgehead atoms. The number of hydrogen-bond acceptors (Lipinski definition) is 17. The van der Waals surface area contributed by atoms with E-state index < -0.39 is 198 Å². The second kappa shape index (κ2) is 41.5. The van der Waals surface area contributed by atoms with Gasteiger partial charge in [-0.3, -0.25) is 62.5 Å². The summed E-state index contributed by atoms with van der Waals surface area (Å²) >= 11 is 0. The molecule has 0 unspecified atom stereocenters. The second-order valence-corrected chi connectivity index (χ2v) is 24.1. The van der Waals surface area contributed by atoms with Gasteiger partial charge in [0.05, 0.1) is 25.2 Å². The fourth-order valence-corrected chi connectivity index (χ4v) is 8.66. The Balaban J connectivity index is 6.00. The van der Waals surface area contributed by atoms with Gasteiger partial charge in [0, 0.05) is 6.54 Å². The van der Waals surface area contributed by atoms with E-state index in [1.165, 1.54) is 20.8 Å². The maximum absolute atomic E-state index is 14.0. The van der Waals surface area contributed by atoms with E-state index in [9.17, 15) is 72.5 Å². The summed E-state index contributed by atoms with van der Waals surface area (Å²) in [6.07, 6.45) is 0.843. The van der Waals surface area contributed by atoms with Crippen molar-refractivity contribution in [2.24, 2.45) is 63.4 Å². The van der Waals surface area contributed by atoms with E-state index in [2.05, 4.69) is 68.8 Å².